The van der Waals surface area contributed by atoms with Gasteiger partial charge in [-0.25, -0.2) is 4.79 Å². The predicted octanol–water partition coefficient (Wildman–Crippen LogP) is 2.61. The molecule has 0 fully saturated rings. The molecule has 3 rings (SSSR count). The van der Waals surface area contributed by atoms with Crippen LogP contribution in [0.4, 0.5) is 0 Å². The van der Waals surface area contributed by atoms with Gasteiger partial charge in [0.1, 0.15) is 17.1 Å². The van der Waals surface area contributed by atoms with Crippen LogP contribution < -0.4 is 9.47 Å². The first-order valence-corrected chi connectivity index (χ1v) is 6.19. The molecule has 0 aliphatic carbocycles. The molecule has 0 N–H and O–H groups in total. The lowest BCUT2D eigenvalue weighted by Gasteiger charge is -2.34. The molecule has 4 heteroatoms. The number of cyclic esters (lactones) is 1. The first kappa shape index (κ1) is 11.4. The molecule has 1 aromatic carbocycles. The molecule has 0 saturated heterocycles. The third-order valence-electron chi connectivity index (χ3n) is 3.29. The average molecular weight is 248 g/mol. The van der Waals surface area contributed by atoms with Crippen molar-refractivity contribution < 1.29 is 19.0 Å². The molecule has 1 aromatic rings. The summed E-state index contributed by atoms with van der Waals surface area (Å²) in [7, 11) is 0. The van der Waals surface area contributed by atoms with Gasteiger partial charge in [-0.1, -0.05) is 0 Å². The van der Waals surface area contributed by atoms with Gasteiger partial charge < -0.3 is 14.2 Å². The van der Waals surface area contributed by atoms with Gasteiger partial charge >= 0.3 is 5.97 Å². The van der Waals surface area contributed by atoms with Crippen molar-refractivity contribution in [3.8, 4) is 11.5 Å². The fraction of sp³-hybridized carbons (Fsp3) is 0.500. The molecule has 0 bridgehead atoms. The van der Waals surface area contributed by atoms with Gasteiger partial charge in [-0.3, -0.25) is 0 Å². The van der Waals surface area contributed by atoms with Gasteiger partial charge in [-0.05, 0) is 37.0 Å². The van der Waals surface area contributed by atoms with Gasteiger partial charge in [0.25, 0.3) is 0 Å². The van der Waals surface area contributed by atoms with Crippen molar-refractivity contribution in [3.63, 3.8) is 0 Å². The Labute approximate surface area is 106 Å². The summed E-state index contributed by atoms with van der Waals surface area (Å²) in [6.07, 6.45) is 1.92. The van der Waals surface area contributed by atoms with Crippen LogP contribution >= 0.6 is 0 Å². The first-order chi connectivity index (χ1) is 8.48. The van der Waals surface area contributed by atoms with Crippen molar-refractivity contribution in [2.24, 2.45) is 0 Å². The Kier molecular flexibility index (Phi) is 2.30. The number of hydrogen-bond donors (Lipinski definition) is 0. The number of carbonyl (C=O) groups is 1. The summed E-state index contributed by atoms with van der Waals surface area (Å²) >= 11 is 0. The van der Waals surface area contributed by atoms with Crippen molar-refractivity contribution in [1.82, 2.24) is 0 Å². The second kappa shape index (κ2) is 3.64. The number of ether oxygens (including phenoxy) is 3. The summed E-state index contributed by atoms with van der Waals surface area (Å²) in [6, 6.07) is 1.91. The summed E-state index contributed by atoms with van der Waals surface area (Å²) in [6.45, 7) is 6.11. The molecule has 4 nitrogen and oxygen atoms in total. The normalized spacial score (nSPS) is 20.1. The summed E-state index contributed by atoms with van der Waals surface area (Å²) in [5, 5.41) is 0. The molecule has 2 aliphatic heterocycles. The van der Waals surface area contributed by atoms with Gasteiger partial charge in [-0.15, -0.1) is 0 Å². The largest absolute Gasteiger partial charge is 0.492 e. The SMILES string of the molecule is Cc1cc2c(c3c1CCCO3)C(=O)OC(C)(C)O2. The van der Waals surface area contributed by atoms with E-state index in [4.69, 9.17) is 14.2 Å². The van der Waals surface area contributed by atoms with E-state index >= 15 is 0 Å². The molecule has 0 amide bonds. The molecule has 2 heterocycles. The maximum Gasteiger partial charge on any atom is 0.349 e. The van der Waals surface area contributed by atoms with Gasteiger partial charge in [0.2, 0.25) is 5.79 Å². The van der Waals surface area contributed by atoms with Crippen LogP contribution in [0, 0.1) is 6.92 Å². The van der Waals surface area contributed by atoms with Gasteiger partial charge in [0.15, 0.2) is 0 Å². The number of hydrogen-bond acceptors (Lipinski definition) is 4. The van der Waals surface area contributed by atoms with Crippen molar-refractivity contribution >= 4 is 5.97 Å². The summed E-state index contributed by atoms with van der Waals surface area (Å²) in [4.78, 5) is 12.1. The van der Waals surface area contributed by atoms with Gasteiger partial charge in [0.05, 0.1) is 6.61 Å². The number of carbonyl (C=O) groups excluding carboxylic acids is 1. The van der Waals surface area contributed by atoms with Gasteiger partial charge in [0, 0.05) is 13.8 Å². The van der Waals surface area contributed by atoms with E-state index in [1.807, 2.05) is 13.0 Å². The monoisotopic (exact) mass is 248 g/mol. The van der Waals surface area contributed by atoms with E-state index in [1.165, 1.54) is 0 Å². The summed E-state index contributed by atoms with van der Waals surface area (Å²) < 4.78 is 16.6. The highest BCUT2D eigenvalue weighted by Gasteiger charge is 2.38. The van der Waals surface area contributed by atoms with E-state index < -0.39 is 5.79 Å². The molecule has 18 heavy (non-hydrogen) atoms. The van der Waals surface area contributed by atoms with Crippen molar-refractivity contribution in [3.05, 3.63) is 22.8 Å². The number of aryl methyl sites for hydroxylation is 1. The van der Waals surface area contributed by atoms with Crippen LogP contribution in [0.3, 0.4) is 0 Å². The van der Waals surface area contributed by atoms with Crippen LogP contribution in [0.15, 0.2) is 6.07 Å². The van der Waals surface area contributed by atoms with E-state index in [0.29, 0.717) is 23.7 Å². The molecule has 0 radical (unpaired) electrons. The van der Waals surface area contributed by atoms with Crippen LogP contribution in [0.1, 0.15) is 41.8 Å². The van der Waals surface area contributed by atoms with E-state index in [0.717, 1.165) is 24.0 Å². The molecular formula is C14H16O4. The Bertz CT molecular complexity index is 531. The fourth-order valence-corrected chi connectivity index (χ4v) is 2.52. The molecule has 0 aromatic heterocycles. The highest BCUT2D eigenvalue weighted by Crippen LogP contribution is 2.42. The van der Waals surface area contributed by atoms with E-state index in [-0.39, 0.29) is 5.97 Å². The molecule has 2 aliphatic rings. The summed E-state index contributed by atoms with van der Waals surface area (Å²) in [5.41, 5.74) is 2.64. The Hall–Kier alpha value is -1.71. The molecule has 0 atom stereocenters. The zero-order chi connectivity index (χ0) is 12.9. The number of esters is 1. The Morgan fingerprint density at radius 2 is 2.06 bits per heavy atom. The van der Waals surface area contributed by atoms with Crippen molar-refractivity contribution in [2.75, 3.05) is 6.61 Å². The van der Waals surface area contributed by atoms with E-state index in [9.17, 15) is 4.79 Å². The summed E-state index contributed by atoms with van der Waals surface area (Å²) in [5.74, 6) is -0.0649. The fourth-order valence-electron chi connectivity index (χ4n) is 2.52. The Morgan fingerprint density at radius 3 is 2.83 bits per heavy atom. The predicted molar refractivity (Wildman–Crippen MR) is 65.1 cm³/mol. The van der Waals surface area contributed by atoms with Crippen LogP contribution in [0.5, 0.6) is 11.5 Å². The highest BCUT2D eigenvalue weighted by molar-refractivity contribution is 5.97. The van der Waals surface area contributed by atoms with Crippen LogP contribution in [0.2, 0.25) is 0 Å². The minimum absolute atomic E-state index is 0.362. The van der Waals surface area contributed by atoms with Crippen LogP contribution in [-0.4, -0.2) is 18.4 Å². The standard InChI is InChI=1S/C14H16O4/c1-8-7-10-11(12-9(8)5-4-6-16-12)13(15)18-14(2,3)17-10/h7H,4-6H2,1-3H3. The molecular weight excluding hydrogens is 232 g/mol. The minimum atomic E-state index is -0.917. The topological polar surface area (TPSA) is 44.8 Å². The van der Waals surface area contributed by atoms with Crippen LogP contribution in [0.25, 0.3) is 0 Å². The maximum atomic E-state index is 12.1. The van der Waals surface area contributed by atoms with Crippen molar-refractivity contribution in [2.45, 2.75) is 39.4 Å². The Morgan fingerprint density at radius 1 is 1.28 bits per heavy atom. The third-order valence-corrected chi connectivity index (χ3v) is 3.29. The lowest BCUT2D eigenvalue weighted by Crippen LogP contribution is -2.39. The number of fused-ring (bicyclic) bond motifs is 3. The van der Waals surface area contributed by atoms with Crippen molar-refractivity contribution in [1.29, 1.82) is 0 Å². The van der Waals surface area contributed by atoms with E-state index in [1.54, 1.807) is 13.8 Å². The number of rotatable bonds is 0. The zero-order valence-corrected chi connectivity index (χ0v) is 10.8. The van der Waals surface area contributed by atoms with Crippen LogP contribution in [-0.2, 0) is 11.2 Å². The van der Waals surface area contributed by atoms with Gasteiger partial charge in [-0.2, -0.15) is 0 Å². The minimum Gasteiger partial charge on any atom is -0.492 e. The third kappa shape index (κ3) is 1.64. The number of benzene rings is 1. The lowest BCUT2D eigenvalue weighted by atomic mass is 9.96. The molecule has 96 valence electrons. The lowest BCUT2D eigenvalue weighted by molar-refractivity contribution is -0.127. The molecule has 0 unspecified atom stereocenters. The smallest absolute Gasteiger partial charge is 0.349 e. The second-order valence-corrected chi connectivity index (χ2v) is 5.22. The molecule has 0 saturated carbocycles. The second-order valence-electron chi connectivity index (χ2n) is 5.22. The Balaban J connectivity index is 2.21. The maximum absolute atomic E-state index is 12.1. The molecule has 0 spiro atoms. The first-order valence-electron chi connectivity index (χ1n) is 6.19. The zero-order valence-electron chi connectivity index (χ0n) is 10.8. The highest BCUT2D eigenvalue weighted by atomic mass is 16.7. The van der Waals surface area contributed by atoms with E-state index in [2.05, 4.69) is 0 Å². The quantitative estimate of drug-likeness (QED) is 0.662. The average Bonchev–Trinajstić information content (AvgIpc) is 2.26.